The van der Waals surface area contributed by atoms with Gasteiger partial charge in [-0.2, -0.15) is 0 Å². The zero-order chi connectivity index (χ0) is 14.5. The van der Waals surface area contributed by atoms with Crippen molar-refractivity contribution in [3.8, 4) is 0 Å². The summed E-state index contributed by atoms with van der Waals surface area (Å²) in [5.41, 5.74) is 0.888. The van der Waals surface area contributed by atoms with Crippen molar-refractivity contribution in [1.29, 1.82) is 0 Å². The Kier molecular flexibility index (Phi) is 4.42. The normalized spacial score (nSPS) is 10.1. The van der Waals surface area contributed by atoms with Crippen LogP contribution in [0.25, 0.3) is 0 Å². The lowest BCUT2D eigenvalue weighted by atomic mass is 10.3. The zero-order valence-corrected chi connectivity index (χ0v) is 11.4. The van der Waals surface area contributed by atoms with Crippen LogP contribution in [-0.4, -0.2) is 18.5 Å². The molecule has 0 bridgehead atoms. The molecule has 1 amide bonds. The molecule has 5 nitrogen and oxygen atoms in total. The van der Waals surface area contributed by atoms with Crippen molar-refractivity contribution in [2.75, 3.05) is 11.9 Å². The van der Waals surface area contributed by atoms with Crippen LogP contribution in [0.15, 0.2) is 41.0 Å². The monoisotopic (exact) mass is 293 g/mol. The Hall–Kier alpha value is -2.27. The van der Waals surface area contributed by atoms with Crippen LogP contribution in [0.1, 0.15) is 16.1 Å². The topological polar surface area (TPSA) is 68.5 Å². The zero-order valence-electron chi connectivity index (χ0n) is 10.7. The quantitative estimate of drug-likeness (QED) is 0.880. The molecule has 2 aromatic rings. The molecule has 2 rings (SSSR count). The second kappa shape index (κ2) is 6.25. The number of aryl methyl sites for hydroxylation is 1. The summed E-state index contributed by atoms with van der Waals surface area (Å²) < 4.78 is 9.87. The van der Waals surface area contributed by atoms with E-state index in [0.717, 1.165) is 0 Å². The highest BCUT2D eigenvalue weighted by atomic mass is 35.5. The lowest BCUT2D eigenvalue weighted by Gasteiger charge is -2.06. The minimum atomic E-state index is -0.595. The molecule has 20 heavy (non-hydrogen) atoms. The highest BCUT2D eigenvalue weighted by Gasteiger charge is 2.14. The van der Waals surface area contributed by atoms with Gasteiger partial charge in [0.25, 0.3) is 5.91 Å². The number of esters is 1. The van der Waals surface area contributed by atoms with E-state index in [-0.39, 0.29) is 6.61 Å². The summed E-state index contributed by atoms with van der Waals surface area (Å²) in [6.07, 6.45) is 1.39. The summed E-state index contributed by atoms with van der Waals surface area (Å²) in [7, 11) is 0. The maximum absolute atomic E-state index is 11.6. The number of ether oxygens (including phenoxy) is 1. The standard InChI is InChI=1S/C14H12ClNO4/c1-9-12(6-7-19-9)14(18)20-8-13(17)16-11-4-2-10(15)3-5-11/h2-7H,8H2,1H3,(H,16,17). The van der Waals surface area contributed by atoms with E-state index in [1.807, 2.05) is 0 Å². The summed E-state index contributed by atoms with van der Waals surface area (Å²) in [5.74, 6) is -0.572. The van der Waals surface area contributed by atoms with E-state index < -0.39 is 11.9 Å². The van der Waals surface area contributed by atoms with Gasteiger partial charge in [0.05, 0.1) is 6.26 Å². The van der Waals surface area contributed by atoms with Crippen molar-refractivity contribution in [3.63, 3.8) is 0 Å². The molecule has 0 radical (unpaired) electrons. The molecule has 1 heterocycles. The van der Waals surface area contributed by atoms with Crippen molar-refractivity contribution in [1.82, 2.24) is 0 Å². The van der Waals surface area contributed by atoms with Crippen molar-refractivity contribution < 1.29 is 18.7 Å². The molecule has 0 saturated heterocycles. The molecule has 104 valence electrons. The smallest absolute Gasteiger partial charge is 0.342 e. The summed E-state index contributed by atoms with van der Waals surface area (Å²) >= 11 is 5.73. The number of carbonyl (C=O) groups excluding carboxylic acids is 2. The first-order chi connectivity index (χ1) is 9.56. The molecule has 0 aliphatic rings. The first-order valence-corrected chi connectivity index (χ1v) is 6.20. The molecule has 0 spiro atoms. The van der Waals surface area contributed by atoms with Crippen molar-refractivity contribution in [2.24, 2.45) is 0 Å². The number of rotatable bonds is 4. The molecule has 0 fully saturated rings. The predicted octanol–water partition coefficient (Wildman–Crippen LogP) is 3.04. The van der Waals surface area contributed by atoms with Gasteiger partial charge in [0, 0.05) is 10.7 Å². The van der Waals surface area contributed by atoms with Gasteiger partial charge in [0.2, 0.25) is 0 Å². The van der Waals surface area contributed by atoms with Crippen LogP contribution in [0.3, 0.4) is 0 Å². The first-order valence-electron chi connectivity index (χ1n) is 5.83. The number of benzene rings is 1. The second-order valence-corrected chi connectivity index (χ2v) is 4.46. The molecular formula is C14H12ClNO4. The Morgan fingerprint density at radius 3 is 2.55 bits per heavy atom. The third-order valence-electron chi connectivity index (χ3n) is 2.54. The second-order valence-electron chi connectivity index (χ2n) is 4.02. The molecule has 0 aliphatic heterocycles. The Morgan fingerprint density at radius 1 is 1.25 bits per heavy atom. The molecule has 1 aromatic heterocycles. The number of hydrogen-bond acceptors (Lipinski definition) is 4. The van der Waals surface area contributed by atoms with Gasteiger partial charge in [-0.05, 0) is 37.3 Å². The van der Waals surface area contributed by atoms with Crippen LogP contribution in [0.4, 0.5) is 5.69 Å². The maximum atomic E-state index is 11.6. The van der Waals surface area contributed by atoms with Crippen molar-refractivity contribution in [3.05, 3.63) is 52.9 Å². The van der Waals surface area contributed by atoms with Crippen LogP contribution < -0.4 is 5.32 Å². The van der Waals surface area contributed by atoms with E-state index in [9.17, 15) is 9.59 Å². The Morgan fingerprint density at radius 2 is 1.95 bits per heavy atom. The number of nitrogens with one attached hydrogen (secondary N) is 1. The van der Waals surface area contributed by atoms with E-state index >= 15 is 0 Å². The summed E-state index contributed by atoms with van der Waals surface area (Å²) in [6, 6.07) is 8.11. The van der Waals surface area contributed by atoms with Gasteiger partial charge in [-0.25, -0.2) is 4.79 Å². The number of halogens is 1. The van der Waals surface area contributed by atoms with Crippen LogP contribution in [-0.2, 0) is 9.53 Å². The van der Waals surface area contributed by atoms with Crippen LogP contribution in [0, 0.1) is 6.92 Å². The summed E-state index contributed by atoms with van der Waals surface area (Å²) in [4.78, 5) is 23.3. The Balaban J connectivity index is 1.85. The van der Waals surface area contributed by atoms with Gasteiger partial charge >= 0.3 is 5.97 Å². The molecule has 0 unspecified atom stereocenters. The van der Waals surface area contributed by atoms with Gasteiger partial charge in [-0.1, -0.05) is 11.6 Å². The van der Waals surface area contributed by atoms with Crippen molar-refractivity contribution >= 4 is 29.2 Å². The van der Waals surface area contributed by atoms with E-state index in [2.05, 4.69) is 5.32 Å². The van der Waals surface area contributed by atoms with Crippen LogP contribution in [0.5, 0.6) is 0 Å². The van der Waals surface area contributed by atoms with E-state index in [4.69, 9.17) is 20.8 Å². The van der Waals surface area contributed by atoms with E-state index in [1.54, 1.807) is 31.2 Å². The maximum Gasteiger partial charge on any atom is 0.342 e. The number of carbonyl (C=O) groups is 2. The third kappa shape index (κ3) is 3.61. The number of anilines is 1. The van der Waals surface area contributed by atoms with Gasteiger partial charge in [0.15, 0.2) is 6.61 Å². The Bertz CT molecular complexity index is 618. The molecule has 0 aliphatic carbocycles. The van der Waals surface area contributed by atoms with Crippen molar-refractivity contribution in [2.45, 2.75) is 6.92 Å². The fourth-order valence-electron chi connectivity index (χ4n) is 1.54. The third-order valence-corrected chi connectivity index (χ3v) is 2.79. The number of amides is 1. The molecule has 1 N–H and O–H groups in total. The lowest BCUT2D eigenvalue weighted by Crippen LogP contribution is -2.20. The fourth-order valence-corrected chi connectivity index (χ4v) is 1.66. The summed E-state index contributed by atoms with van der Waals surface area (Å²) in [6.45, 7) is 1.27. The highest BCUT2D eigenvalue weighted by Crippen LogP contribution is 2.13. The highest BCUT2D eigenvalue weighted by molar-refractivity contribution is 6.30. The Labute approximate surface area is 120 Å². The lowest BCUT2D eigenvalue weighted by molar-refractivity contribution is -0.119. The minimum absolute atomic E-state index is 0.310. The molecule has 0 atom stereocenters. The summed E-state index contributed by atoms with van der Waals surface area (Å²) in [5, 5.41) is 3.16. The largest absolute Gasteiger partial charge is 0.469 e. The number of furan rings is 1. The minimum Gasteiger partial charge on any atom is -0.469 e. The number of hydrogen-bond donors (Lipinski definition) is 1. The molecular weight excluding hydrogens is 282 g/mol. The van der Waals surface area contributed by atoms with Gasteiger partial charge in [-0.15, -0.1) is 0 Å². The van der Waals surface area contributed by atoms with Gasteiger partial charge in [-0.3, -0.25) is 4.79 Å². The first kappa shape index (κ1) is 14.1. The van der Waals surface area contributed by atoms with Crippen LogP contribution >= 0.6 is 11.6 Å². The van der Waals surface area contributed by atoms with Gasteiger partial charge < -0.3 is 14.5 Å². The van der Waals surface area contributed by atoms with E-state index in [1.165, 1.54) is 12.3 Å². The fraction of sp³-hybridized carbons (Fsp3) is 0.143. The van der Waals surface area contributed by atoms with Gasteiger partial charge in [0.1, 0.15) is 11.3 Å². The molecule has 1 aromatic carbocycles. The molecule has 0 saturated carbocycles. The molecule has 6 heteroatoms. The van der Waals surface area contributed by atoms with Crippen LogP contribution in [0.2, 0.25) is 5.02 Å². The van der Waals surface area contributed by atoms with E-state index in [0.29, 0.717) is 22.0 Å². The average Bonchev–Trinajstić information content (AvgIpc) is 2.85. The SMILES string of the molecule is Cc1occc1C(=O)OCC(=O)Nc1ccc(Cl)cc1. The predicted molar refractivity (Wildman–Crippen MR) is 73.8 cm³/mol. The average molecular weight is 294 g/mol.